The van der Waals surface area contributed by atoms with Crippen molar-refractivity contribution in [2.45, 2.75) is 18.8 Å². The number of hydrogen-bond acceptors (Lipinski definition) is 2. The smallest absolute Gasteiger partial charge is 0.377 e. The number of rotatable bonds is 2. The molecule has 0 fully saturated rings. The largest absolute Gasteiger partial charge is 0.465 e. The molecule has 0 spiro atoms. The molecule has 2 rings (SSSR count). The van der Waals surface area contributed by atoms with Gasteiger partial charge in [0.25, 0.3) is 0 Å². The second-order valence-electron chi connectivity index (χ2n) is 4.25. The van der Waals surface area contributed by atoms with E-state index in [0.717, 1.165) is 7.11 Å². The van der Waals surface area contributed by atoms with Crippen LogP contribution < -0.4 is 0 Å². The number of fused-ring (bicyclic) bond motifs is 1. The van der Waals surface area contributed by atoms with Crippen LogP contribution in [0.5, 0.6) is 0 Å². The Morgan fingerprint density at radius 3 is 2.11 bits per heavy atom. The van der Waals surface area contributed by atoms with E-state index in [-0.39, 0.29) is 12.8 Å². The Morgan fingerprint density at radius 2 is 1.72 bits per heavy atom. The predicted molar refractivity (Wildman–Crippen MR) is 64.3 cm³/mol. The quantitative estimate of drug-likeness (QED) is 0.780. The number of benzene rings is 1. The fourth-order valence-corrected chi connectivity index (χ4v) is 2.54. The first kappa shape index (κ1) is 13.6. The minimum absolute atomic E-state index is 0.0916. The minimum Gasteiger partial charge on any atom is -0.465 e. The van der Waals surface area contributed by atoms with Crippen LogP contribution in [-0.2, 0) is 22.4 Å². The van der Waals surface area contributed by atoms with Crippen LogP contribution >= 0.6 is 23.2 Å². The molecule has 0 N–H and O–H groups in total. The monoisotopic (exact) mass is 294 g/mol. The van der Waals surface area contributed by atoms with Crippen LogP contribution in [0.4, 0.5) is 8.78 Å². The molecule has 18 heavy (non-hydrogen) atoms. The summed E-state index contributed by atoms with van der Waals surface area (Å²) in [7, 11) is 0.950. The third kappa shape index (κ3) is 2.19. The van der Waals surface area contributed by atoms with Crippen LogP contribution in [0.2, 0.25) is 10.0 Å². The molecule has 0 radical (unpaired) electrons. The summed E-state index contributed by atoms with van der Waals surface area (Å²) in [5.41, 5.74) is 1.41. The van der Waals surface area contributed by atoms with E-state index in [0.29, 0.717) is 21.2 Å². The van der Waals surface area contributed by atoms with Crippen molar-refractivity contribution in [1.82, 2.24) is 0 Å². The summed E-state index contributed by atoms with van der Waals surface area (Å²) in [6.45, 7) is 0. The third-order valence-electron chi connectivity index (χ3n) is 3.15. The summed E-state index contributed by atoms with van der Waals surface area (Å²) in [5, 5.41) is 0.662. The molecule has 0 heterocycles. The van der Waals surface area contributed by atoms with Gasteiger partial charge in [-0.1, -0.05) is 23.2 Å². The van der Waals surface area contributed by atoms with Gasteiger partial charge >= 0.3 is 11.9 Å². The molecular weight excluding hydrogens is 285 g/mol. The van der Waals surface area contributed by atoms with Gasteiger partial charge in [0.05, 0.1) is 17.2 Å². The number of carbonyl (C=O) groups excluding carboxylic acids is 1. The predicted octanol–water partition coefficient (Wildman–Crippen LogP) is 3.52. The van der Waals surface area contributed by atoms with Crippen molar-refractivity contribution in [3.8, 4) is 0 Å². The molecule has 1 aromatic rings. The fraction of sp³-hybridized carbons (Fsp3) is 0.417. The Hall–Kier alpha value is -0.870. The van der Waals surface area contributed by atoms with Gasteiger partial charge in [0.1, 0.15) is 0 Å². The maximum atomic E-state index is 13.7. The van der Waals surface area contributed by atoms with E-state index in [9.17, 15) is 13.6 Å². The van der Waals surface area contributed by atoms with Crippen molar-refractivity contribution in [3.05, 3.63) is 33.3 Å². The van der Waals surface area contributed by atoms with Crippen molar-refractivity contribution in [3.63, 3.8) is 0 Å². The Bertz CT molecular complexity index is 472. The number of alkyl halides is 2. The highest BCUT2D eigenvalue weighted by Crippen LogP contribution is 2.40. The summed E-state index contributed by atoms with van der Waals surface area (Å²) in [4.78, 5) is 11.1. The first-order chi connectivity index (χ1) is 8.36. The lowest BCUT2D eigenvalue weighted by atomic mass is 9.98. The number of halogens is 4. The zero-order valence-corrected chi connectivity index (χ0v) is 11.0. The van der Waals surface area contributed by atoms with Crippen LogP contribution in [-0.4, -0.2) is 19.0 Å². The summed E-state index contributed by atoms with van der Waals surface area (Å²) in [6, 6.07) is 3.15. The third-order valence-corrected chi connectivity index (χ3v) is 3.87. The van der Waals surface area contributed by atoms with Crippen molar-refractivity contribution in [2.75, 3.05) is 7.11 Å². The lowest BCUT2D eigenvalue weighted by molar-refractivity contribution is -0.176. The lowest BCUT2D eigenvalue weighted by Crippen LogP contribution is -2.38. The number of esters is 1. The highest BCUT2D eigenvalue weighted by molar-refractivity contribution is 6.42. The molecule has 0 saturated carbocycles. The summed E-state index contributed by atoms with van der Waals surface area (Å²) >= 11 is 11.7. The molecule has 0 saturated heterocycles. The average molecular weight is 295 g/mol. The molecular formula is C12H10Cl2F2O2. The molecule has 0 aliphatic heterocycles. The van der Waals surface area contributed by atoms with Crippen LogP contribution in [0.25, 0.3) is 0 Å². The number of hydrogen-bond donors (Lipinski definition) is 0. The van der Waals surface area contributed by atoms with E-state index in [2.05, 4.69) is 4.74 Å². The van der Waals surface area contributed by atoms with Gasteiger partial charge in [-0.3, -0.25) is 0 Å². The van der Waals surface area contributed by atoms with Crippen molar-refractivity contribution in [2.24, 2.45) is 5.92 Å². The zero-order valence-electron chi connectivity index (χ0n) is 9.47. The van der Waals surface area contributed by atoms with Crippen molar-refractivity contribution in [1.29, 1.82) is 0 Å². The molecule has 0 unspecified atom stereocenters. The second kappa shape index (κ2) is 4.67. The normalized spacial score (nSPS) is 15.6. The average Bonchev–Trinajstić information content (AvgIpc) is 2.72. The Morgan fingerprint density at radius 1 is 1.28 bits per heavy atom. The van der Waals surface area contributed by atoms with Crippen LogP contribution in [0, 0.1) is 5.92 Å². The summed E-state index contributed by atoms with van der Waals surface area (Å²) in [6.07, 6.45) is 0.183. The number of carbonyl (C=O) groups is 1. The van der Waals surface area contributed by atoms with Gasteiger partial charge < -0.3 is 4.74 Å². The van der Waals surface area contributed by atoms with Crippen LogP contribution in [0.15, 0.2) is 12.1 Å². The Kier molecular flexibility index (Phi) is 3.52. The van der Waals surface area contributed by atoms with Gasteiger partial charge in [-0.2, -0.15) is 8.78 Å². The van der Waals surface area contributed by atoms with Gasteiger partial charge in [0.2, 0.25) is 0 Å². The molecule has 2 nitrogen and oxygen atoms in total. The van der Waals surface area contributed by atoms with Crippen LogP contribution in [0.1, 0.15) is 11.1 Å². The highest BCUT2D eigenvalue weighted by atomic mass is 35.5. The van der Waals surface area contributed by atoms with E-state index in [4.69, 9.17) is 23.2 Å². The fourth-order valence-electron chi connectivity index (χ4n) is 2.17. The number of ether oxygens (including phenoxy) is 1. The van der Waals surface area contributed by atoms with E-state index in [1.54, 1.807) is 12.1 Å². The zero-order chi connectivity index (χ0) is 13.5. The standard InChI is InChI=1S/C12H10Cl2F2O2/c1-18-11(17)12(15,16)8-2-6-4-9(13)10(14)5-7(6)3-8/h4-5,8H,2-3H2,1H3. The van der Waals surface area contributed by atoms with Gasteiger partial charge in [0, 0.05) is 5.92 Å². The molecule has 1 aromatic carbocycles. The van der Waals surface area contributed by atoms with Crippen molar-refractivity contribution >= 4 is 29.2 Å². The highest BCUT2D eigenvalue weighted by Gasteiger charge is 2.50. The molecule has 0 aromatic heterocycles. The maximum Gasteiger partial charge on any atom is 0.377 e. The Labute approximate surface area is 113 Å². The first-order valence-electron chi connectivity index (χ1n) is 5.29. The molecule has 0 bridgehead atoms. The first-order valence-corrected chi connectivity index (χ1v) is 6.05. The lowest BCUT2D eigenvalue weighted by Gasteiger charge is -2.19. The molecule has 1 aliphatic rings. The minimum atomic E-state index is -3.49. The molecule has 98 valence electrons. The van der Waals surface area contributed by atoms with Gasteiger partial charge in [-0.05, 0) is 36.1 Å². The maximum absolute atomic E-state index is 13.7. The van der Waals surface area contributed by atoms with Crippen LogP contribution in [0.3, 0.4) is 0 Å². The second-order valence-corrected chi connectivity index (χ2v) is 5.07. The number of methoxy groups -OCH3 is 1. The van der Waals surface area contributed by atoms with Crippen molar-refractivity contribution < 1.29 is 18.3 Å². The summed E-state index contributed by atoms with van der Waals surface area (Å²) < 4.78 is 31.6. The van der Waals surface area contributed by atoms with Gasteiger partial charge in [-0.15, -0.1) is 0 Å². The molecule has 1 aliphatic carbocycles. The Balaban J connectivity index is 2.27. The SMILES string of the molecule is COC(=O)C(F)(F)C1Cc2cc(Cl)c(Cl)cc2C1. The van der Waals surface area contributed by atoms with Gasteiger partial charge in [-0.25, -0.2) is 4.79 Å². The van der Waals surface area contributed by atoms with E-state index < -0.39 is 17.8 Å². The molecule has 6 heteroatoms. The molecule has 0 atom stereocenters. The van der Waals surface area contributed by atoms with E-state index in [1.807, 2.05) is 0 Å². The van der Waals surface area contributed by atoms with E-state index >= 15 is 0 Å². The topological polar surface area (TPSA) is 26.3 Å². The molecule has 0 amide bonds. The van der Waals surface area contributed by atoms with E-state index in [1.165, 1.54) is 0 Å². The summed E-state index contributed by atoms with van der Waals surface area (Å²) in [5.74, 6) is -6.10. The van der Waals surface area contributed by atoms with Gasteiger partial charge in [0.15, 0.2) is 0 Å².